The van der Waals surface area contributed by atoms with Crippen LogP contribution in [-0.2, 0) is 9.53 Å². The Morgan fingerprint density at radius 3 is 2.53 bits per heavy atom. The SMILES string of the molecule is COC(=O)C(N)CC(F)(F)C1CCCC1. The molecular weight excluding hydrogens is 204 g/mol. The minimum atomic E-state index is -2.84. The topological polar surface area (TPSA) is 52.3 Å². The molecule has 1 atom stereocenters. The normalized spacial score (nSPS) is 20.3. The molecule has 2 N–H and O–H groups in total. The van der Waals surface area contributed by atoms with Crippen LogP contribution in [0.1, 0.15) is 32.1 Å². The highest BCUT2D eigenvalue weighted by molar-refractivity contribution is 5.75. The summed E-state index contributed by atoms with van der Waals surface area (Å²) in [5, 5.41) is 0. The van der Waals surface area contributed by atoms with Crippen molar-refractivity contribution in [3.05, 3.63) is 0 Å². The lowest BCUT2D eigenvalue weighted by atomic mass is 9.94. The molecule has 1 fully saturated rings. The van der Waals surface area contributed by atoms with E-state index in [0.717, 1.165) is 20.0 Å². The first-order valence-electron chi connectivity index (χ1n) is 5.18. The first-order chi connectivity index (χ1) is 6.97. The maximum atomic E-state index is 13.6. The Hall–Kier alpha value is -0.710. The van der Waals surface area contributed by atoms with Crippen LogP contribution in [0.15, 0.2) is 0 Å². The van der Waals surface area contributed by atoms with Gasteiger partial charge in [-0.05, 0) is 12.8 Å². The Morgan fingerprint density at radius 1 is 1.53 bits per heavy atom. The Bertz CT molecular complexity index is 227. The van der Waals surface area contributed by atoms with Crippen molar-refractivity contribution in [2.24, 2.45) is 11.7 Å². The van der Waals surface area contributed by atoms with Gasteiger partial charge in [0, 0.05) is 12.3 Å². The molecule has 1 unspecified atom stereocenters. The van der Waals surface area contributed by atoms with Crippen molar-refractivity contribution in [2.45, 2.75) is 44.1 Å². The fraction of sp³-hybridized carbons (Fsp3) is 0.900. The number of methoxy groups -OCH3 is 1. The van der Waals surface area contributed by atoms with Gasteiger partial charge in [-0.3, -0.25) is 4.79 Å². The maximum absolute atomic E-state index is 13.6. The molecule has 5 heteroatoms. The molecule has 0 spiro atoms. The summed E-state index contributed by atoms with van der Waals surface area (Å²) in [6.07, 6.45) is 2.13. The highest BCUT2D eigenvalue weighted by Gasteiger charge is 2.43. The van der Waals surface area contributed by atoms with Crippen LogP contribution in [0.25, 0.3) is 0 Å². The van der Waals surface area contributed by atoms with Crippen LogP contribution in [0, 0.1) is 5.92 Å². The van der Waals surface area contributed by atoms with Gasteiger partial charge in [0.15, 0.2) is 0 Å². The van der Waals surface area contributed by atoms with Gasteiger partial charge >= 0.3 is 5.97 Å². The van der Waals surface area contributed by atoms with E-state index in [4.69, 9.17) is 5.73 Å². The molecule has 3 nitrogen and oxygen atoms in total. The quantitative estimate of drug-likeness (QED) is 0.735. The minimum absolute atomic E-state index is 0.529. The summed E-state index contributed by atoms with van der Waals surface area (Å²) < 4.78 is 31.5. The number of nitrogens with two attached hydrogens (primary N) is 1. The Balaban J connectivity index is 2.50. The molecule has 0 amide bonds. The average Bonchev–Trinajstić information content (AvgIpc) is 2.69. The molecule has 0 saturated heterocycles. The molecule has 0 aromatic heterocycles. The maximum Gasteiger partial charge on any atom is 0.322 e. The van der Waals surface area contributed by atoms with E-state index in [1.807, 2.05) is 0 Å². The Morgan fingerprint density at radius 2 is 2.07 bits per heavy atom. The fourth-order valence-electron chi connectivity index (χ4n) is 2.04. The highest BCUT2D eigenvalue weighted by atomic mass is 19.3. The van der Waals surface area contributed by atoms with Gasteiger partial charge < -0.3 is 10.5 Å². The van der Waals surface area contributed by atoms with Crippen LogP contribution in [0.4, 0.5) is 8.78 Å². The van der Waals surface area contributed by atoms with Crippen molar-refractivity contribution in [1.82, 2.24) is 0 Å². The second-order valence-electron chi connectivity index (χ2n) is 4.08. The van der Waals surface area contributed by atoms with E-state index < -0.39 is 30.3 Å². The molecule has 88 valence electrons. The number of alkyl halides is 2. The highest BCUT2D eigenvalue weighted by Crippen LogP contribution is 2.40. The van der Waals surface area contributed by atoms with Crippen LogP contribution < -0.4 is 5.73 Å². The second kappa shape index (κ2) is 4.88. The molecular formula is C10H17F2NO2. The Kier molecular flexibility index (Phi) is 4.02. The number of hydrogen-bond donors (Lipinski definition) is 1. The number of ether oxygens (including phenoxy) is 1. The molecule has 0 heterocycles. The fourth-order valence-corrected chi connectivity index (χ4v) is 2.04. The molecule has 0 aromatic carbocycles. The van der Waals surface area contributed by atoms with Crippen molar-refractivity contribution >= 4 is 5.97 Å². The second-order valence-corrected chi connectivity index (χ2v) is 4.08. The molecule has 0 bridgehead atoms. The molecule has 1 rings (SSSR count). The molecule has 0 aromatic rings. The lowest BCUT2D eigenvalue weighted by Crippen LogP contribution is -2.40. The number of halogens is 2. The Labute approximate surface area is 88.0 Å². The largest absolute Gasteiger partial charge is 0.468 e. The lowest BCUT2D eigenvalue weighted by molar-refractivity contribution is -0.146. The lowest BCUT2D eigenvalue weighted by Gasteiger charge is -2.24. The van der Waals surface area contributed by atoms with Gasteiger partial charge in [-0.2, -0.15) is 0 Å². The summed E-state index contributed by atoms with van der Waals surface area (Å²) in [5.41, 5.74) is 5.33. The summed E-state index contributed by atoms with van der Waals surface area (Å²) >= 11 is 0. The predicted molar refractivity (Wildman–Crippen MR) is 51.5 cm³/mol. The zero-order valence-corrected chi connectivity index (χ0v) is 8.84. The minimum Gasteiger partial charge on any atom is -0.468 e. The van der Waals surface area contributed by atoms with Crippen LogP contribution in [0.2, 0.25) is 0 Å². The summed E-state index contributed by atoms with van der Waals surface area (Å²) in [6, 6.07) is -1.22. The zero-order valence-electron chi connectivity index (χ0n) is 8.84. The van der Waals surface area contributed by atoms with Gasteiger partial charge in [0.1, 0.15) is 6.04 Å². The standard InChI is InChI=1S/C10H17F2NO2/c1-15-9(14)8(13)6-10(11,12)7-4-2-3-5-7/h7-8H,2-6,13H2,1H3. The van der Waals surface area contributed by atoms with Crippen LogP contribution in [-0.4, -0.2) is 25.0 Å². The van der Waals surface area contributed by atoms with Crippen LogP contribution >= 0.6 is 0 Å². The summed E-state index contributed by atoms with van der Waals surface area (Å²) in [7, 11) is 1.15. The van der Waals surface area contributed by atoms with E-state index in [-0.39, 0.29) is 0 Å². The van der Waals surface area contributed by atoms with Crippen molar-refractivity contribution in [2.75, 3.05) is 7.11 Å². The van der Waals surface area contributed by atoms with E-state index in [9.17, 15) is 13.6 Å². The average molecular weight is 221 g/mol. The van der Waals surface area contributed by atoms with Crippen LogP contribution in [0.3, 0.4) is 0 Å². The van der Waals surface area contributed by atoms with Crippen LogP contribution in [0.5, 0.6) is 0 Å². The van der Waals surface area contributed by atoms with Crippen molar-refractivity contribution in [3.8, 4) is 0 Å². The van der Waals surface area contributed by atoms with Gasteiger partial charge in [0.2, 0.25) is 0 Å². The third kappa shape index (κ3) is 3.12. The van der Waals surface area contributed by atoms with E-state index >= 15 is 0 Å². The molecule has 0 radical (unpaired) electrons. The monoisotopic (exact) mass is 221 g/mol. The number of rotatable bonds is 4. The molecule has 15 heavy (non-hydrogen) atoms. The first kappa shape index (κ1) is 12.4. The van der Waals surface area contributed by atoms with Gasteiger partial charge in [0.25, 0.3) is 5.92 Å². The predicted octanol–water partition coefficient (Wildman–Crippen LogP) is 1.70. The van der Waals surface area contributed by atoms with Crippen molar-refractivity contribution < 1.29 is 18.3 Å². The third-order valence-corrected chi connectivity index (χ3v) is 2.95. The zero-order chi connectivity index (χ0) is 11.5. The van der Waals surface area contributed by atoms with E-state index in [0.29, 0.717) is 12.8 Å². The smallest absolute Gasteiger partial charge is 0.322 e. The number of hydrogen-bond acceptors (Lipinski definition) is 3. The molecule has 0 aliphatic heterocycles. The summed E-state index contributed by atoms with van der Waals surface area (Å²) in [4.78, 5) is 10.9. The number of carbonyl (C=O) groups excluding carboxylic acids is 1. The number of esters is 1. The summed E-state index contributed by atoms with van der Waals surface area (Å²) in [5.74, 6) is -4.23. The van der Waals surface area contributed by atoms with E-state index in [1.54, 1.807) is 0 Å². The molecule has 1 aliphatic carbocycles. The third-order valence-electron chi connectivity index (χ3n) is 2.95. The van der Waals surface area contributed by atoms with Gasteiger partial charge in [-0.25, -0.2) is 8.78 Å². The molecule has 1 aliphatic rings. The van der Waals surface area contributed by atoms with Crippen molar-refractivity contribution in [3.63, 3.8) is 0 Å². The molecule has 1 saturated carbocycles. The van der Waals surface area contributed by atoms with Gasteiger partial charge in [0.05, 0.1) is 7.11 Å². The van der Waals surface area contributed by atoms with E-state index in [1.165, 1.54) is 0 Å². The van der Waals surface area contributed by atoms with E-state index in [2.05, 4.69) is 4.74 Å². The van der Waals surface area contributed by atoms with Gasteiger partial charge in [-0.1, -0.05) is 12.8 Å². The summed E-state index contributed by atoms with van der Waals surface area (Å²) in [6.45, 7) is 0. The van der Waals surface area contributed by atoms with Gasteiger partial charge in [-0.15, -0.1) is 0 Å². The van der Waals surface area contributed by atoms with Crippen molar-refractivity contribution in [1.29, 1.82) is 0 Å². The number of carbonyl (C=O) groups is 1. The first-order valence-corrected chi connectivity index (χ1v) is 5.18.